The molecule has 128 valence electrons. The summed E-state index contributed by atoms with van der Waals surface area (Å²) in [5.41, 5.74) is 0.556. The van der Waals surface area contributed by atoms with E-state index in [1.807, 2.05) is 60.8 Å². The number of rotatable bonds is 5. The van der Waals surface area contributed by atoms with Crippen LogP contribution < -0.4 is 5.32 Å². The Kier molecular flexibility index (Phi) is 5.14. The van der Waals surface area contributed by atoms with Crippen molar-refractivity contribution in [3.8, 4) is 0 Å². The number of carbonyl (C=O) groups excluding carboxylic acids is 2. The molecule has 4 nitrogen and oxygen atoms in total. The largest absolute Gasteiger partial charge is 0.343 e. The molecule has 0 bridgehead atoms. The van der Waals surface area contributed by atoms with E-state index < -0.39 is 0 Å². The molecule has 1 atom stereocenters. The Morgan fingerprint density at radius 2 is 1.84 bits per heavy atom. The van der Waals surface area contributed by atoms with Crippen molar-refractivity contribution in [3.63, 3.8) is 0 Å². The molecule has 0 saturated heterocycles. The number of hydrogen-bond donors (Lipinski definition) is 1. The molecule has 0 radical (unpaired) electrons. The summed E-state index contributed by atoms with van der Waals surface area (Å²) in [6, 6.07) is 17.4. The topological polar surface area (TPSA) is 49.4 Å². The van der Waals surface area contributed by atoms with E-state index in [2.05, 4.69) is 5.32 Å². The minimum absolute atomic E-state index is 0.00919. The van der Waals surface area contributed by atoms with Crippen LogP contribution in [-0.4, -0.2) is 30.3 Å². The highest BCUT2D eigenvalue weighted by atomic mass is 32.1. The number of nitrogens with one attached hydrogen (secondary N) is 1. The van der Waals surface area contributed by atoms with Gasteiger partial charge in [0.15, 0.2) is 0 Å². The molecule has 25 heavy (non-hydrogen) atoms. The first-order valence-electron chi connectivity index (χ1n) is 8.12. The third kappa shape index (κ3) is 3.88. The lowest BCUT2D eigenvalue weighted by Crippen LogP contribution is -2.39. The molecule has 3 aromatic rings. The van der Waals surface area contributed by atoms with Crippen molar-refractivity contribution in [1.82, 2.24) is 10.2 Å². The van der Waals surface area contributed by atoms with Crippen LogP contribution in [-0.2, 0) is 4.79 Å². The first kappa shape index (κ1) is 17.2. The molecular formula is C20H20N2O2S. The van der Waals surface area contributed by atoms with Gasteiger partial charge in [0, 0.05) is 17.5 Å². The van der Waals surface area contributed by atoms with Crippen LogP contribution in [0.3, 0.4) is 0 Å². The molecule has 2 amide bonds. The van der Waals surface area contributed by atoms with Gasteiger partial charge in [-0.05, 0) is 41.3 Å². The second kappa shape index (κ2) is 7.49. The van der Waals surface area contributed by atoms with E-state index >= 15 is 0 Å². The second-order valence-electron chi connectivity index (χ2n) is 5.94. The molecule has 1 aromatic heterocycles. The van der Waals surface area contributed by atoms with E-state index in [-0.39, 0.29) is 24.4 Å². The average Bonchev–Trinajstić information content (AvgIpc) is 3.18. The van der Waals surface area contributed by atoms with E-state index in [0.717, 1.165) is 15.6 Å². The predicted molar refractivity (Wildman–Crippen MR) is 102 cm³/mol. The van der Waals surface area contributed by atoms with E-state index in [4.69, 9.17) is 0 Å². The van der Waals surface area contributed by atoms with Gasteiger partial charge in [-0.1, -0.05) is 36.4 Å². The fourth-order valence-electron chi connectivity index (χ4n) is 2.65. The molecule has 0 aliphatic carbocycles. The molecular weight excluding hydrogens is 332 g/mol. The smallest absolute Gasteiger partial charge is 0.251 e. The fraction of sp³-hybridized carbons (Fsp3) is 0.200. The van der Waals surface area contributed by atoms with Crippen molar-refractivity contribution in [2.75, 3.05) is 13.6 Å². The quantitative estimate of drug-likeness (QED) is 0.758. The summed E-state index contributed by atoms with van der Waals surface area (Å²) in [6.07, 6.45) is 0. The Morgan fingerprint density at radius 3 is 2.56 bits per heavy atom. The molecule has 1 N–H and O–H groups in total. The van der Waals surface area contributed by atoms with Crippen molar-refractivity contribution >= 4 is 33.9 Å². The summed E-state index contributed by atoms with van der Waals surface area (Å²) in [5, 5.41) is 6.80. The lowest BCUT2D eigenvalue weighted by Gasteiger charge is -2.24. The normalized spacial score (nSPS) is 11.9. The molecule has 1 heterocycles. The Morgan fingerprint density at radius 1 is 1.08 bits per heavy atom. The fourth-order valence-corrected chi connectivity index (χ4v) is 3.48. The van der Waals surface area contributed by atoms with Gasteiger partial charge in [-0.15, -0.1) is 11.3 Å². The lowest BCUT2D eigenvalue weighted by molar-refractivity contribution is -0.130. The van der Waals surface area contributed by atoms with E-state index in [9.17, 15) is 9.59 Å². The van der Waals surface area contributed by atoms with Crippen molar-refractivity contribution in [2.24, 2.45) is 0 Å². The minimum Gasteiger partial charge on any atom is -0.343 e. The summed E-state index contributed by atoms with van der Waals surface area (Å²) in [4.78, 5) is 27.5. The maximum absolute atomic E-state index is 12.3. The number of thiophene rings is 1. The number of benzene rings is 2. The Bertz CT molecular complexity index is 890. The predicted octanol–water partition coefficient (Wildman–Crippen LogP) is 3.85. The van der Waals surface area contributed by atoms with Crippen LogP contribution in [0, 0.1) is 0 Å². The zero-order valence-corrected chi connectivity index (χ0v) is 15.0. The summed E-state index contributed by atoms with van der Waals surface area (Å²) in [7, 11) is 1.76. The van der Waals surface area contributed by atoms with E-state index in [0.29, 0.717) is 5.56 Å². The van der Waals surface area contributed by atoms with Crippen LogP contribution in [0.2, 0.25) is 0 Å². The lowest BCUT2D eigenvalue weighted by atomic mass is 10.1. The first-order chi connectivity index (χ1) is 12.1. The molecule has 2 aromatic carbocycles. The van der Waals surface area contributed by atoms with Crippen LogP contribution >= 0.6 is 11.3 Å². The van der Waals surface area contributed by atoms with Gasteiger partial charge in [0.2, 0.25) is 5.91 Å². The highest BCUT2D eigenvalue weighted by Gasteiger charge is 2.18. The standard InChI is InChI=1S/C20H20N2O2S/c1-14(18-8-5-11-25-18)22(2)19(23)13-21-20(24)17-10-9-15-6-3-4-7-16(15)12-17/h3-12,14H,13H2,1-2H3,(H,21,24). The SMILES string of the molecule is CC(c1cccs1)N(C)C(=O)CNC(=O)c1ccc2ccccc2c1. The highest BCUT2D eigenvalue weighted by molar-refractivity contribution is 7.10. The van der Waals surface area contributed by atoms with Crippen molar-refractivity contribution < 1.29 is 9.59 Å². The number of carbonyl (C=O) groups is 2. The van der Waals surface area contributed by atoms with Crippen molar-refractivity contribution in [1.29, 1.82) is 0 Å². The van der Waals surface area contributed by atoms with E-state index in [1.54, 1.807) is 29.4 Å². The monoisotopic (exact) mass is 352 g/mol. The number of amides is 2. The first-order valence-corrected chi connectivity index (χ1v) is 9.00. The second-order valence-corrected chi connectivity index (χ2v) is 6.92. The van der Waals surface area contributed by atoms with Crippen LogP contribution in [0.4, 0.5) is 0 Å². The summed E-state index contributed by atoms with van der Waals surface area (Å²) in [5.74, 6) is -0.355. The minimum atomic E-state index is -0.240. The third-order valence-electron chi connectivity index (χ3n) is 4.34. The Labute approximate surface area is 151 Å². The van der Waals surface area contributed by atoms with Crippen LogP contribution in [0.15, 0.2) is 60.0 Å². The van der Waals surface area contributed by atoms with Gasteiger partial charge in [-0.25, -0.2) is 0 Å². The molecule has 0 aliphatic heterocycles. The number of likely N-dealkylation sites (N-methyl/N-ethyl adjacent to an activating group) is 1. The average molecular weight is 352 g/mol. The van der Waals surface area contributed by atoms with Gasteiger partial charge in [0.25, 0.3) is 5.91 Å². The zero-order valence-electron chi connectivity index (χ0n) is 14.2. The summed E-state index contributed by atoms with van der Waals surface area (Å²) in [6.45, 7) is 1.97. The molecule has 0 spiro atoms. The molecule has 0 aliphatic rings. The van der Waals surface area contributed by atoms with Crippen molar-refractivity contribution in [2.45, 2.75) is 13.0 Å². The maximum atomic E-state index is 12.3. The molecule has 0 fully saturated rings. The van der Waals surface area contributed by atoms with Crippen LogP contribution in [0.5, 0.6) is 0 Å². The maximum Gasteiger partial charge on any atom is 0.251 e. The number of hydrogen-bond acceptors (Lipinski definition) is 3. The van der Waals surface area contributed by atoms with Gasteiger partial charge < -0.3 is 10.2 Å². The van der Waals surface area contributed by atoms with E-state index in [1.165, 1.54) is 0 Å². The summed E-state index contributed by atoms with van der Waals surface area (Å²) < 4.78 is 0. The van der Waals surface area contributed by atoms with Gasteiger partial charge in [0.1, 0.15) is 0 Å². The number of fused-ring (bicyclic) bond motifs is 1. The van der Waals surface area contributed by atoms with Gasteiger partial charge in [-0.3, -0.25) is 9.59 Å². The molecule has 3 rings (SSSR count). The Hall–Kier alpha value is -2.66. The number of nitrogens with zero attached hydrogens (tertiary/aromatic N) is 1. The Balaban J connectivity index is 1.61. The summed E-state index contributed by atoms with van der Waals surface area (Å²) >= 11 is 1.62. The molecule has 0 saturated carbocycles. The van der Waals surface area contributed by atoms with Crippen molar-refractivity contribution in [3.05, 3.63) is 70.4 Å². The highest BCUT2D eigenvalue weighted by Crippen LogP contribution is 2.23. The molecule has 1 unspecified atom stereocenters. The molecule has 5 heteroatoms. The van der Waals surface area contributed by atoms with Gasteiger partial charge in [0.05, 0.1) is 12.6 Å². The van der Waals surface area contributed by atoms with Gasteiger partial charge in [-0.2, -0.15) is 0 Å². The van der Waals surface area contributed by atoms with Crippen LogP contribution in [0.1, 0.15) is 28.2 Å². The van der Waals surface area contributed by atoms with Gasteiger partial charge >= 0.3 is 0 Å². The third-order valence-corrected chi connectivity index (χ3v) is 5.38. The van der Waals surface area contributed by atoms with Crippen LogP contribution in [0.25, 0.3) is 10.8 Å². The zero-order chi connectivity index (χ0) is 17.8.